The Labute approximate surface area is 121 Å². The number of rotatable bonds is 4. The van der Waals surface area contributed by atoms with Crippen molar-refractivity contribution in [1.29, 1.82) is 0 Å². The summed E-state index contributed by atoms with van der Waals surface area (Å²) < 4.78 is 13.3. The Bertz CT molecular complexity index is 692. The number of aromatic amines is 1. The van der Waals surface area contributed by atoms with Crippen LogP contribution in [0.2, 0.25) is 0 Å². The molecule has 5 heteroatoms. The summed E-state index contributed by atoms with van der Waals surface area (Å²) in [6, 6.07) is 11.2. The molecule has 1 aliphatic carbocycles. The average molecular weight is 286 g/mol. The van der Waals surface area contributed by atoms with Crippen LogP contribution in [0.1, 0.15) is 28.4 Å². The van der Waals surface area contributed by atoms with Crippen molar-refractivity contribution in [3.05, 3.63) is 80.9 Å². The molecule has 4 nitrogen and oxygen atoms in total. The van der Waals surface area contributed by atoms with E-state index in [4.69, 9.17) is 0 Å². The molecule has 1 atom stereocenters. The Morgan fingerprint density at radius 1 is 1.33 bits per heavy atom. The molecule has 1 aromatic carbocycles. The zero-order valence-corrected chi connectivity index (χ0v) is 11.4. The number of nitrogens with zero attached hydrogens (tertiary/aromatic N) is 1. The number of aromatic nitrogens is 1. The number of fused-ring (bicyclic) bond motifs is 1. The van der Waals surface area contributed by atoms with Gasteiger partial charge in [-0.2, -0.15) is 0 Å². The lowest BCUT2D eigenvalue weighted by Gasteiger charge is -2.11. The van der Waals surface area contributed by atoms with Gasteiger partial charge in [0.15, 0.2) is 0 Å². The van der Waals surface area contributed by atoms with E-state index < -0.39 is 0 Å². The number of benzene rings is 1. The highest BCUT2D eigenvalue weighted by molar-refractivity contribution is 5.38. The van der Waals surface area contributed by atoms with Crippen molar-refractivity contribution in [3.63, 3.8) is 0 Å². The lowest BCUT2D eigenvalue weighted by atomic mass is 9.95. The van der Waals surface area contributed by atoms with Crippen LogP contribution in [-0.4, -0.2) is 16.5 Å². The third-order valence-electron chi connectivity index (χ3n) is 3.81. The number of hydrogen-bond acceptors (Lipinski definition) is 2. The minimum absolute atomic E-state index is 0.140. The topological polar surface area (TPSA) is 58.9 Å². The molecule has 0 spiro atoms. The van der Waals surface area contributed by atoms with Crippen molar-refractivity contribution < 1.29 is 9.31 Å². The number of halogens is 1. The first-order chi connectivity index (χ1) is 10.1. The van der Waals surface area contributed by atoms with Crippen molar-refractivity contribution in [2.24, 2.45) is 0 Å². The predicted molar refractivity (Wildman–Crippen MR) is 77.5 cm³/mol. The van der Waals surface area contributed by atoms with E-state index in [0.717, 1.165) is 22.5 Å². The van der Waals surface area contributed by atoms with E-state index in [0.29, 0.717) is 6.42 Å². The van der Waals surface area contributed by atoms with Gasteiger partial charge in [0.05, 0.1) is 5.92 Å². The molecule has 108 valence electrons. The van der Waals surface area contributed by atoms with Gasteiger partial charge < -0.3 is 4.98 Å². The molecule has 0 saturated heterocycles. The standard InChI is InChI=1S/C16H15FN2O2/c17-13-6-7-15-12(8-13)9-16(18-15)14(10-19(20)21)11-4-2-1-3-5-11/h1-6,9,14,18H,7-8,10H2. The highest BCUT2D eigenvalue weighted by Crippen LogP contribution is 2.29. The van der Waals surface area contributed by atoms with E-state index in [-0.39, 0.29) is 29.6 Å². The van der Waals surface area contributed by atoms with E-state index in [1.165, 1.54) is 0 Å². The summed E-state index contributed by atoms with van der Waals surface area (Å²) in [6.45, 7) is -0.181. The van der Waals surface area contributed by atoms with Crippen LogP contribution in [0.25, 0.3) is 0 Å². The molecule has 21 heavy (non-hydrogen) atoms. The fraction of sp³-hybridized carbons (Fsp3) is 0.250. The molecule has 1 unspecified atom stereocenters. The number of nitro groups is 1. The van der Waals surface area contributed by atoms with E-state index in [2.05, 4.69) is 4.98 Å². The van der Waals surface area contributed by atoms with Crippen molar-refractivity contribution in [2.45, 2.75) is 18.8 Å². The first-order valence-electron chi connectivity index (χ1n) is 6.85. The second-order valence-corrected chi connectivity index (χ2v) is 5.24. The molecule has 1 N–H and O–H groups in total. The first kappa shape index (κ1) is 13.5. The third-order valence-corrected chi connectivity index (χ3v) is 3.81. The molecule has 2 aromatic rings. The van der Waals surface area contributed by atoms with Crippen molar-refractivity contribution in [2.75, 3.05) is 6.54 Å². The summed E-state index contributed by atoms with van der Waals surface area (Å²) in [5, 5.41) is 11.0. The van der Waals surface area contributed by atoms with Crippen LogP contribution in [0.4, 0.5) is 4.39 Å². The third kappa shape index (κ3) is 2.86. The van der Waals surface area contributed by atoms with Crippen LogP contribution in [0, 0.1) is 10.1 Å². The molecule has 0 bridgehead atoms. The molecule has 3 rings (SSSR count). The molecule has 0 radical (unpaired) electrons. The van der Waals surface area contributed by atoms with Gasteiger partial charge in [-0.05, 0) is 23.3 Å². The minimum atomic E-state index is -0.338. The molecule has 0 amide bonds. The van der Waals surface area contributed by atoms with E-state index in [9.17, 15) is 14.5 Å². The predicted octanol–water partition coefficient (Wildman–Crippen LogP) is 3.38. The second kappa shape index (κ2) is 5.52. The van der Waals surface area contributed by atoms with Gasteiger partial charge in [-0.15, -0.1) is 0 Å². The van der Waals surface area contributed by atoms with Gasteiger partial charge in [0.25, 0.3) is 0 Å². The maximum Gasteiger partial charge on any atom is 0.216 e. The minimum Gasteiger partial charge on any atom is -0.361 e. The zero-order chi connectivity index (χ0) is 14.8. The number of allylic oxidation sites excluding steroid dienone is 2. The quantitative estimate of drug-likeness (QED) is 0.692. The van der Waals surface area contributed by atoms with Crippen LogP contribution in [-0.2, 0) is 12.8 Å². The van der Waals surface area contributed by atoms with Gasteiger partial charge in [-0.25, -0.2) is 4.39 Å². The van der Waals surface area contributed by atoms with Gasteiger partial charge in [0, 0.05) is 29.2 Å². The molecule has 0 saturated carbocycles. The molecule has 1 aliphatic rings. The zero-order valence-electron chi connectivity index (χ0n) is 11.4. The van der Waals surface area contributed by atoms with Crippen LogP contribution < -0.4 is 0 Å². The molecule has 0 fully saturated rings. The van der Waals surface area contributed by atoms with Crippen LogP contribution in [0.3, 0.4) is 0 Å². The highest BCUT2D eigenvalue weighted by Gasteiger charge is 2.24. The smallest absolute Gasteiger partial charge is 0.216 e. The fourth-order valence-corrected chi connectivity index (χ4v) is 2.78. The summed E-state index contributed by atoms with van der Waals surface area (Å²) in [5.41, 5.74) is 3.53. The van der Waals surface area contributed by atoms with E-state index >= 15 is 0 Å². The molecule has 0 aliphatic heterocycles. The van der Waals surface area contributed by atoms with Gasteiger partial charge in [0.1, 0.15) is 5.83 Å². The summed E-state index contributed by atoms with van der Waals surface area (Å²) in [6.07, 6.45) is 2.33. The van der Waals surface area contributed by atoms with Gasteiger partial charge in [0.2, 0.25) is 6.54 Å². The molecular weight excluding hydrogens is 271 g/mol. The summed E-state index contributed by atoms with van der Waals surface area (Å²) in [4.78, 5) is 13.9. The maximum absolute atomic E-state index is 13.3. The summed E-state index contributed by atoms with van der Waals surface area (Å²) in [7, 11) is 0. The van der Waals surface area contributed by atoms with Crippen LogP contribution >= 0.6 is 0 Å². The normalized spacial score (nSPS) is 15.2. The first-order valence-corrected chi connectivity index (χ1v) is 6.85. The molecular formula is C16H15FN2O2. The molecule has 1 aromatic heterocycles. The Balaban J connectivity index is 1.96. The molecule has 1 heterocycles. The van der Waals surface area contributed by atoms with Crippen molar-refractivity contribution >= 4 is 0 Å². The lowest BCUT2D eigenvalue weighted by molar-refractivity contribution is -0.481. The highest BCUT2D eigenvalue weighted by atomic mass is 19.1. The van der Waals surface area contributed by atoms with Crippen LogP contribution in [0.15, 0.2) is 48.3 Å². The Kier molecular flexibility index (Phi) is 3.56. The Morgan fingerprint density at radius 3 is 2.81 bits per heavy atom. The van der Waals surface area contributed by atoms with Gasteiger partial charge in [-0.1, -0.05) is 30.3 Å². The largest absolute Gasteiger partial charge is 0.361 e. The fourth-order valence-electron chi connectivity index (χ4n) is 2.78. The van der Waals surface area contributed by atoms with Gasteiger partial charge in [-0.3, -0.25) is 10.1 Å². The Hall–Kier alpha value is -2.43. The van der Waals surface area contributed by atoms with Crippen LogP contribution in [0.5, 0.6) is 0 Å². The van der Waals surface area contributed by atoms with Crippen molar-refractivity contribution in [1.82, 2.24) is 4.98 Å². The SMILES string of the molecule is O=[N+]([O-])CC(c1ccccc1)c1cc2c([nH]1)CC=C(F)C2. The average Bonchev–Trinajstić information content (AvgIpc) is 2.88. The van der Waals surface area contributed by atoms with Crippen molar-refractivity contribution in [3.8, 4) is 0 Å². The van der Waals surface area contributed by atoms with E-state index in [1.807, 2.05) is 36.4 Å². The van der Waals surface area contributed by atoms with E-state index in [1.54, 1.807) is 6.08 Å². The number of hydrogen-bond donors (Lipinski definition) is 1. The maximum atomic E-state index is 13.3. The number of nitrogens with one attached hydrogen (secondary N) is 1. The summed E-state index contributed by atoms with van der Waals surface area (Å²) in [5.74, 6) is -0.478. The van der Waals surface area contributed by atoms with Gasteiger partial charge >= 0.3 is 0 Å². The Morgan fingerprint density at radius 2 is 2.10 bits per heavy atom. The monoisotopic (exact) mass is 286 g/mol. The second-order valence-electron chi connectivity index (χ2n) is 5.24. The summed E-state index contributed by atoms with van der Waals surface area (Å²) >= 11 is 0. The lowest BCUT2D eigenvalue weighted by Crippen LogP contribution is -2.14. The number of H-pyrrole nitrogens is 1.